The lowest BCUT2D eigenvalue weighted by atomic mass is 10.0. The van der Waals surface area contributed by atoms with E-state index in [4.69, 9.17) is 0 Å². The number of aromatic hydroxyl groups is 1. The second-order valence-corrected chi connectivity index (χ2v) is 6.49. The van der Waals surface area contributed by atoms with Crippen LogP contribution in [0, 0.1) is 11.7 Å². The first-order valence-electron chi connectivity index (χ1n) is 8.48. The van der Waals surface area contributed by atoms with Crippen LogP contribution < -0.4 is 10.6 Å². The number of phenolic OH excluding ortho intramolecular Hbond substituents is 1. The molecule has 4 nitrogen and oxygen atoms in total. The third-order valence-electron chi connectivity index (χ3n) is 3.91. The maximum absolute atomic E-state index is 14.2. The molecular formula is C20H25FN2O2. The first kappa shape index (κ1) is 18.9. The summed E-state index contributed by atoms with van der Waals surface area (Å²) in [5.74, 6) is 0.0392. The average Bonchev–Trinajstić information content (AvgIpc) is 2.58. The topological polar surface area (TPSA) is 61.4 Å². The van der Waals surface area contributed by atoms with E-state index in [0.29, 0.717) is 30.1 Å². The van der Waals surface area contributed by atoms with E-state index < -0.39 is 6.04 Å². The molecule has 0 radical (unpaired) electrons. The van der Waals surface area contributed by atoms with Gasteiger partial charge < -0.3 is 15.7 Å². The zero-order chi connectivity index (χ0) is 18.2. The summed E-state index contributed by atoms with van der Waals surface area (Å²) in [6, 6.07) is 12.9. The molecule has 1 amide bonds. The highest BCUT2D eigenvalue weighted by molar-refractivity contribution is 5.76. The van der Waals surface area contributed by atoms with Crippen molar-refractivity contribution in [3.05, 3.63) is 65.5 Å². The van der Waals surface area contributed by atoms with Gasteiger partial charge in [0.2, 0.25) is 5.91 Å². The summed E-state index contributed by atoms with van der Waals surface area (Å²) in [6.45, 7) is 4.96. The SMILES string of the molecule is CC(C)CNC(=O)CC(NCc1ccccc1O)c1ccccc1F. The van der Waals surface area contributed by atoms with E-state index in [0.717, 1.165) is 0 Å². The molecule has 0 aliphatic rings. The predicted molar refractivity (Wildman–Crippen MR) is 96.6 cm³/mol. The number of amides is 1. The van der Waals surface area contributed by atoms with Gasteiger partial charge in [0.05, 0.1) is 0 Å². The number of para-hydroxylation sites is 1. The van der Waals surface area contributed by atoms with Gasteiger partial charge in [0.25, 0.3) is 0 Å². The maximum atomic E-state index is 14.2. The van der Waals surface area contributed by atoms with Crippen LogP contribution in [0.25, 0.3) is 0 Å². The molecule has 1 atom stereocenters. The lowest BCUT2D eigenvalue weighted by Gasteiger charge is -2.20. The smallest absolute Gasteiger partial charge is 0.221 e. The fraction of sp³-hybridized carbons (Fsp3) is 0.350. The number of carbonyl (C=O) groups is 1. The molecule has 3 N–H and O–H groups in total. The molecule has 134 valence electrons. The van der Waals surface area contributed by atoms with Crippen LogP contribution in [0.15, 0.2) is 48.5 Å². The summed E-state index contributed by atoms with van der Waals surface area (Å²) < 4.78 is 14.2. The Hall–Kier alpha value is -2.40. The van der Waals surface area contributed by atoms with Crippen molar-refractivity contribution in [2.45, 2.75) is 32.9 Å². The monoisotopic (exact) mass is 344 g/mol. The Balaban J connectivity index is 2.11. The summed E-state index contributed by atoms with van der Waals surface area (Å²) in [5.41, 5.74) is 1.14. The zero-order valence-corrected chi connectivity index (χ0v) is 14.6. The minimum Gasteiger partial charge on any atom is -0.508 e. The van der Waals surface area contributed by atoms with E-state index in [1.54, 1.807) is 36.4 Å². The Morgan fingerprint density at radius 2 is 1.80 bits per heavy atom. The normalized spacial score (nSPS) is 12.2. The Morgan fingerprint density at radius 3 is 2.48 bits per heavy atom. The van der Waals surface area contributed by atoms with Crippen LogP contribution in [0.4, 0.5) is 4.39 Å². The lowest BCUT2D eigenvalue weighted by molar-refractivity contribution is -0.121. The van der Waals surface area contributed by atoms with Gasteiger partial charge >= 0.3 is 0 Å². The Morgan fingerprint density at radius 1 is 1.12 bits per heavy atom. The van der Waals surface area contributed by atoms with Crippen LogP contribution in [0.5, 0.6) is 5.75 Å². The van der Waals surface area contributed by atoms with E-state index in [-0.39, 0.29) is 23.9 Å². The van der Waals surface area contributed by atoms with Crippen molar-refractivity contribution in [3.63, 3.8) is 0 Å². The van der Waals surface area contributed by atoms with Gasteiger partial charge in [-0.05, 0) is 18.1 Å². The second kappa shape index (κ2) is 9.18. The molecule has 0 saturated heterocycles. The van der Waals surface area contributed by atoms with Crippen molar-refractivity contribution in [2.75, 3.05) is 6.54 Å². The largest absolute Gasteiger partial charge is 0.508 e. The number of halogens is 1. The average molecular weight is 344 g/mol. The van der Waals surface area contributed by atoms with Crippen LogP contribution in [0.3, 0.4) is 0 Å². The standard InChI is InChI=1S/C20H25FN2O2/c1-14(2)12-23-20(25)11-18(16-8-4-5-9-17(16)21)22-13-15-7-3-6-10-19(15)24/h3-10,14,18,22,24H,11-13H2,1-2H3,(H,23,25). The molecule has 5 heteroatoms. The van der Waals surface area contributed by atoms with E-state index in [1.807, 2.05) is 19.9 Å². The molecule has 0 spiro atoms. The maximum Gasteiger partial charge on any atom is 0.221 e. The van der Waals surface area contributed by atoms with Gasteiger partial charge in [-0.1, -0.05) is 50.2 Å². The molecule has 2 aromatic rings. The highest BCUT2D eigenvalue weighted by atomic mass is 19.1. The van der Waals surface area contributed by atoms with Crippen LogP contribution in [0.2, 0.25) is 0 Å². The molecule has 0 saturated carbocycles. The summed E-state index contributed by atoms with van der Waals surface area (Å²) in [6.07, 6.45) is 0.126. The van der Waals surface area contributed by atoms with Crippen molar-refractivity contribution >= 4 is 5.91 Å². The molecule has 0 aromatic heterocycles. The zero-order valence-electron chi connectivity index (χ0n) is 14.6. The van der Waals surface area contributed by atoms with Gasteiger partial charge in [0.1, 0.15) is 11.6 Å². The number of rotatable bonds is 8. The second-order valence-electron chi connectivity index (χ2n) is 6.49. The summed E-state index contributed by atoms with van der Waals surface area (Å²) in [5, 5.41) is 15.9. The van der Waals surface area contributed by atoms with E-state index in [1.165, 1.54) is 6.07 Å². The fourth-order valence-electron chi connectivity index (χ4n) is 2.52. The van der Waals surface area contributed by atoms with E-state index in [9.17, 15) is 14.3 Å². The van der Waals surface area contributed by atoms with Crippen molar-refractivity contribution in [2.24, 2.45) is 5.92 Å². The van der Waals surface area contributed by atoms with Crippen LogP contribution in [0.1, 0.15) is 37.4 Å². The number of benzene rings is 2. The fourth-order valence-corrected chi connectivity index (χ4v) is 2.52. The Bertz CT molecular complexity index is 704. The minimum absolute atomic E-state index is 0.126. The van der Waals surface area contributed by atoms with Crippen molar-refractivity contribution in [3.8, 4) is 5.75 Å². The molecule has 0 heterocycles. The third-order valence-corrected chi connectivity index (χ3v) is 3.91. The van der Waals surface area contributed by atoms with Crippen LogP contribution in [-0.4, -0.2) is 17.6 Å². The van der Waals surface area contributed by atoms with Crippen LogP contribution in [-0.2, 0) is 11.3 Å². The van der Waals surface area contributed by atoms with Gasteiger partial charge in [-0.25, -0.2) is 4.39 Å². The third kappa shape index (κ3) is 5.87. The number of hydrogen-bond donors (Lipinski definition) is 3. The molecule has 2 rings (SSSR count). The molecule has 0 aliphatic heterocycles. The van der Waals surface area contributed by atoms with Crippen LogP contribution >= 0.6 is 0 Å². The highest BCUT2D eigenvalue weighted by Gasteiger charge is 2.19. The molecular weight excluding hydrogens is 319 g/mol. The number of nitrogens with one attached hydrogen (secondary N) is 2. The van der Waals surface area contributed by atoms with Gasteiger partial charge in [0.15, 0.2) is 0 Å². The summed E-state index contributed by atoms with van der Waals surface area (Å²) in [7, 11) is 0. The van der Waals surface area contributed by atoms with Gasteiger partial charge in [-0.3, -0.25) is 4.79 Å². The van der Waals surface area contributed by atoms with Gasteiger partial charge in [-0.2, -0.15) is 0 Å². The summed E-state index contributed by atoms with van der Waals surface area (Å²) >= 11 is 0. The highest BCUT2D eigenvalue weighted by Crippen LogP contribution is 2.22. The number of carbonyl (C=O) groups excluding carboxylic acids is 1. The predicted octanol–water partition coefficient (Wildman–Crippen LogP) is 3.52. The minimum atomic E-state index is -0.479. The lowest BCUT2D eigenvalue weighted by Crippen LogP contribution is -2.32. The van der Waals surface area contributed by atoms with Crippen molar-refractivity contribution < 1.29 is 14.3 Å². The number of hydrogen-bond acceptors (Lipinski definition) is 3. The molecule has 2 aromatic carbocycles. The number of phenols is 1. The van der Waals surface area contributed by atoms with Crippen molar-refractivity contribution in [1.29, 1.82) is 0 Å². The van der Waals surface area contributed by atoms with Gasteiger partial charge in [-0.15, -0.1) is 0 Å². The van der Waals surface area contributed by atoms with E-state index >= 15 is 0 Å². The molecule has 0 bridgehead atoms. The van der Waals surface area contributed by atoms with Gasteiger partial charge in [0, 0.05) is 36.7 Å². The summed E-state index contributed by atoms with van der Waals surface area (Å²) in [4.78, 5) is 12.2. The van der Waals surface area contributed by atoms with Crippen molar-refractivity contribution in [1.82, 2.24) is 10.6 Å². The Labute approximate surface area is 148 Å². The first-order valence-corrected chi connectivity index (χ1v) is 8.48. The first-order chi connectivity index (χ1) is 12.0. The molecule has 1 unspecified atom stereocenters. The molecule has 0 aliphatic carbocycles. The quantitative estimate of drug-likeness (QED) is 0.687. The molecule has 0 fully saturated rings. The van der Waals surface area contributed by atoms with E-state index in [2.05, 4.69) is 10.6 Å². The molecule has 25 heavy (non-hydrogen) atoms. The Kier molecular flexibility index (Phi) is 6.95.